The second-order valence-corrected chi connectivity index (χ2v) is 5.21. The highest BCUT2D eigenvalue weighted by Crippen LogP contribution is 2.42. The molecule has 0 bridgehead atoms. The van der Waals surface area contributed by atoms with Crippen molar-refractivity contribution >= 4 is 33.5 Å². The zero-order chi connectivity index (χ0) is 13.2. The van der Waals surface area contributed by atoms with Crippen LogP contribution in [0.5, 0.6) is 0 Å². The summed E-state index contributed by atoms with van der Waals surface area (Å²) in [5.41, 5.74) is 1.73. The molecule has 3 N–H and O–H groups in total. The van der Waals surface area contributed by atoms with Crippen LogP contribution in [0.4, 0.5) is 16.3 Å². The summed E-state index contributed by atoms with van der Waals surface area (Å²) >= 11 is 3.25. The first kappa shape index (κ1) is 12.2. The minimum Gasteiger partial charge on any atom is -0.305 e. The van der Waals surface area contributed by atoms with Crippen molar-refractivity contribution in [3.8, 4) is 0 Å². The van der Waals surface area contributed by atoms with Crippen molar-refractivity contribution in [2.24, 2.45) is 0 Å². The lowest BCUT2D eigenvalue weighted by Gasteiger charge is -2.07. The van der Waals surface area contributed by atoms with Crippen LogP contribution in [0, 0.1) is 0 Å². The lowest BCUT2D eigenvalue weighted by atomic mass is 10.2. The third kappa shape index (κ3) is 2.93. The first-order chi connectivity index (χ1) is 9.22. The molecule has 3 rings (SSSR count). The fraction of sp³-hybridized carbons (Fsp3) is 0.250. The number of hydrogen-bond acceptors (Lipinski definition) is 3. The summed E-state index contributed by atoms with van der Waals surface area (Å²) in [7, 11) is 0. The molecule has 2 aromatic heterocycles. The van der Waals surface area contributed by atoms with Gasteiger partial charge >= 0.3 is 6.03 Å². The Kier molecular flexibility index (Phi) is 3.20. The number of pyridine rings is 1. The van der Waals surface area contributed by atoms with E-state index in [1.807, 2.05) is 0 Å². The summed E-state index contributed by atoms with van der Waals surface area (Å²) in [6.07, 6.45) is 3.92. The van der Waals surface area contributed by atoms with E-state index in [0.29, 0.717) is 16.3 Å². The number of nitrogens with one attached hydrogen (secondary N) is 3. The van der Waals surface area contributed by atoms with Gasteiger partial charge in [0, 0.05) is 5.92 Å². The maximum absolute atomic E-state index is 11.9. The molecular formula is C12H12BrN5O. The normalized spacial score (nSPS) is 14.2. The fourth-order valence-corrected chi connectivity index (χ4v) is 2.17. The van der Waals surface area contributed by atoms with Gasteiger partial charge in [-0.2, -0.15) is 5.10 Å². The predicted molar refractivity (Wildman–Crippen MR) is 75.1 cm³/mol. The van der Waals surface area contributed by atoms with E-state index in [1.165, 1.54) is 0 Å². The number of amides is 2. The van der Waals surface area contributed by atoms with E-state index in [-0.39, 0.29) is 6.03 Å². The Morgan fingerprint density at radius 1 is 1.37 bits per heavy atom. The standard InChI is InChI=1S/C12H12BrN5O/c13-9-2-1-3-10(16-9)17-12(19)15-8-6-14-18-11(8)7-4-5-7/h1-3,6-7H,4-5H2,(H,14,18)(H2,15,16,17,19). The van der Waals surface area contributed by atoms with E-state index in [0.717, 1.165) is 24.2 Å². The first-order valence-electron chi connectivity index (χ1n) is 5.96. The molecular weight excluding hydrogens is 310 g/mol. The van der Waals surface area contributed by atoms with Gasteiger partial charge < -0.3 is 5.32 Å². The van der Waals surface area contributed by atoms with Gasteiger partial charge in [-0.05, 0) is 40.9 Å². The molecule has 1 saturated carbocycles. The molecule has 1 fully saturated rings. The summed E-state index contributed by atoms with van der Waals surface area (Å²) in [5, 5.41) is 12.4. The summed E-state index contributed by atoms with van der Waals surface area (Å²) in [6, 6.07) is 5.00. The van der Waals surface area contributed by atoms with Crippen LogP contribution in [0.2, 0.25) is 0 Å². The van der Waals surface area contributed by atoms with Crippen molar-refractivity contribution in [3.63, 3.8) is 0 Å². The zero-order valence-corrected chi connectivity index (χ0v) is 11.6. The number of nitrogens with zero attached hydrogens (tertiary/aromatic N) is 2. The van der Waals surface area contributed by atoms with Crippen molar-refractivity contribution in [3.05, 3.63) is 34.7 Å². The van der Waals surface area contributed by atoms with Crippen LogP contribution >= 0.6 is 15.9 Å². The molecule has 98 valence electrons. The predicted octanol–water partition coefficient (Wildman–Crippen LogP) is 3.09. The topological polar surface area (TPSA) is 82.7 Å². The SMILES string of the molecule is O=C(Nc1cccc(Br)n1)Nc1cn[nH]c1C1CC1. The molecule has 0 aromatic carbocycles. The van der Waals surface area contributed by atoms with E-state index in [2.05, 4.69) is 41.7 Å². The van der Waals surface area contributed by atoms with Crippen molar-refractivity contribution in [1.82, 2.24) is 15.2 Å². The van der Waals surface area contributed by atoms with E-state index < -0.39 is 0 Å². The van der Waals surface area contributed by atoms with Crippen LogP contribution in [0.25, 0.3) is 0 Å². The smallest absolute Gasteiger partial charge is 0.305 e. The van der Waals surface area contributed by atoms with Gasteiger partial charge in [0.05, 0.1) is 17.6 Å². The van der Waals surface area contributed by atoms with Gasteiger partial charge in [0.1, 0.15) is 10.4 Å². The molecule has 0 saturated heterocycles. The van der Waals surface area contributed by atoms with E-state index >= 15 is 0 Å². The molecule has 7 heteroatoms. The quantitative estimate of drug-likeness (QED) is 0.760. The highest BCUT2D eigenvalue weighted by molar-refractivity contribution is 9.10. The van der Waals surface area contributed by atoms with Crippen molar-refractivity contribution < 1.29 is 4.79 Å². The van der Waals surface area contributed by atoms with Gasteiger partial charge in [0.2, 0.25) is 0 Å². The highest BCUT2D eigenvalue weighted by atomic mass is 79.9. The van der Waals surface area contributed by atoms with Gasteiger partial charge in [0.25, 0.3) is 0 Å². The maximum atomic E-state index is 11.9. The highest BCUT2D eigenvalue weighted by Gasteiger charge is 2.28. The average molecular weight is 322 g/mol. The van der Waals surface area contributed by atoms with Crippen molar-refractivity contribution in [1.29, 1.82) is 0 Å². The third-order valence-corrected chi connectivity index (χ3v) is 3.30. The molecule has 2 aromatic rings. The molecule has 0 aliphatic heterocycles. The number of carbonyl (C=O) groups excluding carboxylic acids is 1. The summed E-state index contributed by atoms with van der Waals surface area (Å²) in [5.74, 6) is 0.991. The number of carbonyl (C=O) groups is 1. The summed E-state index contributed by atoms with van der Waals surface area (Å²) in [6.45, 7) is 0. The number of anilines is 2. The molecule has 2 amide bonds. The minimum atomic E-state index is -0.325. The Hall–Kier alpha value is -1.89. The first-order valence-corrected chi connectivity index (χ1v) is 6.75. The van der Waals surface area contributed by atoms with E-state index in [1.54, 1.807) is 24.4 Å². The Morgan fingerprint density at radius 2 is 2.21 bits per heavy atom. The van der Waals surface area contributed by atoms with Crippen LogP contribution in [0.3, 0.4) is 0 Å². The molecule has 6 nitrogen and oxygen atoms in total. The fourth-order valence-electron chi connectivity index (χ4n) is 1.83. The summed E-state index contributed by atoms with van der Waals surface area (Å²) < 4.78 is 0.673. The molecule has 1 aliphatic rings. The Labute approximate surface area is 118 Å². The minimum absolute atomic E-state index is 0.325. The van der Waals surface area contributed by atoms with Gasteiger partial charge in [-0.15, -0.1) is 0 Å². The molecule has 2 heterocycles. The Balaban J connectivity index is 1.66. The average Bonchev–Trinajstić information content (AvgIpc) is 3.10. The number of aromatic nitrogens is 3. The number of halogens is 1. The van der Waals surface area contributed by atoms with Crippen LogP contribution < -0.4 is 10.6 Å². The van der Waals surface area contributed by atoms with E-state index in [4.69, 9.17) is 0 Å². The number of hydrogen-bond donors (Lipinski definition) is 3. The second kappa shape index (κ2) is 5.00. The van der Waals surface area contributed by atoms with Crippen LogP contribution in [-0.4, -0.2) is 21.2 Å². The second-order valence-electron chi connectivity index (χ2n) is 4.40. The Morgan fingerprint density at radius 3 is 2.95 bits per heavy atom. The van der Waals surface area contributed by atoms with Crippen LogP contribution in [0.15, 0.2) is 29.0 Å². The molecule has 0 unspecified atom stereocenters. The van der Waals surface area contributed by atoms with Gasteiger partial charge in [0.15, 0.2) is 0 Å². The monoisotopic (exact) mass is 321 g/mol. The lowest BCUT2D eigenvalue weighted by molar-refractivity contribution is 0.262. The van der Waals surface area contributed by atoms with Gasteiger partial charge in [-0.3, -0.25) is 10.4 Å². The summed E-state index contributed by atoms with van der Waals surface area (Å²) in [4.78, 5) is 16.0. The van der Waals surface area contributed by atoms with E-state index in [9.17, 15) is 4.79 Å². The van der Waals surface area contributed by atoms with Crippen molar-refractivity contribution in [2.75, 3.05) is 10.6 Å². The molecule has 19 heavy (non-hydrogen) atoms. The van der Waals surface area contributed by atoms with Crippen molar-refractivity contribution in [2.45, 2.75) is 18.8 Å². The largest absolute Gasteiger partial charge is 0.324 e. The third-order valence-electron chi connectivity index (χ3n) is 2.86. The number of rotatable bonds is 3. The van der Waals surface area contributed by atoms with Crippen LogP contribution in [-0.2, 0) is 0 Å². The van der Waals surface area contributed by atoms with Crippen LogP contribution in [0.1, 0.15) is 24.5 Å². The molecule has 0 atom stereocenters. The Bertz CT molecular complexity index is 608. The lowest BCUT2D eigenvalue weighted by Crippen LogP contribution is -2.20. The zero-order valence-electron chi connectivity index (χ0n) is 9.98. The van der Waals surface area contributed by atoms with Gasteiger partial charge in [-0.1, -0.05) is 6.07 Å². The number of urea groups is 1. The van der Waals surface area contributed by atoms with Gasteiger partial charge in [-0.25, -0.2) is 9.78 Å². The molecule has 1 aliphatic carbocycles. The molecule has 0 radical (unpaired) electrons. The number of aromatic amines is 1. The maximum Gasteiger partial charge on any atom is 0.324 e. The number of H-pyrrole nitrogens is 1. The molecule has 0 spiro atoms.